The average Bonchev–Trinajstić information content (AvgIpc) is 3.29. The highest BCUT2D eigenvalue weighted by Gasteiger charge is 2.22. The molecule has 0 aliphatic carbocycles. The average molecular weight is 465 g/mol. The number of carbonyl (C=O) groups is 1. The molecule has 7 nitrogen and oxygen atoms in total. The number of carbonyl (C=O) groups excluding carboxylic acids is 1. The molecule has 33 heavy (non-hydrogen) atoms. The molecule has 0 aliphatic rings. The van der Waals surface area contributed by atoms with Gasteiger partial charge in [-0.3, -0.25) is 9.48 Å². The number of nitrogens with one attached hydrogen (secondary N) is 1. The first-order chi connectivity index (χ1) is 15.8. The molecule has 0 bridgehead atoms. The molecule has 1 N–H and O–H groups in total. The third kappa shape index (κ3) is 5.26. The van der Waals surface area contributed by atoms with Crippen LogP contribution in [-0.4, -0.2) is 20.8 Å². The second-order valence-corrected chi connectivity index (χ2v) is 8.47. The van der Waals surface area contributed by atoms with Crippen molar-refractivity contribution >= 4 is 23.3 Å². The van der Waals surface area contributed by atoms with E-state index < -0.39 is 5.91 Å². The van der Waals surface area contributed by atoms with Crippen LogP contribution in [0.4, 0.5) is 5.82 Å². The molecule has 2 aromatic heterocycles. The van der Waals surface area contributed by atoms with E-state index in [4.69, 9.17) is 20.9 Å². The van der Waals surface area contributed by atoms with Crippen LogP contribution in [0.2, 0.25) is 5.02 Å². The van der Waals surface area contributed by atoms with E-state index in [0.717, 1.165) is 28.1 Å². The summed E-state index contributed by atoms with van der Waals surface area (Å²) < 4.78 is 13.0. The molecule has 0 fully saturated rings. The number of aryl methyl sites for hydroxylation is 4. The Morgan fingerprint density at radius 2 is 1.94 bits per heavy atom. The number of hydrogen-bond acceptors (Lipinski definition) is 5. The van der Waals surface area contributed by atoms with Gasteiger partial charge in [0.05, 0.1) is 12.1 Å². The molecular formula is C25H25ClN4O3. The van der Waals surface area contributed by atoms with Crippen LogP contribution in [0.5, 0.6) is 5.75 Å². The largest absolute Gasteiger partial charge is 0.488 e. The Labute approximate surface area is 197 Å². The molecule has 8 heteroatoms. The van der Waals surface area contributed by atoms with Crippen LogP contribution in [0.1, 0.15) is 44.2 Å². The fraction of sp³-hybridized carbons (Fsp3) is 0.240. The summed E-state index contributed by atoms with van der Waals surface area (Å²) in [6.07, 6.45) is 0. The molecule has 2 heterocycles. The number of anilines is 1. The highest BCUT2D eigenvalue weighted by atomic mass is 35.5. The third-order valence-electron chi connectivity index (χ3n) is 5.35. The summed E-state index contributed by atoms with van der Waals surface area (Å²) >= 11 is 6.08. The molecule has 1 amide bonds. The number of amides is 1. The van der Waals surface area contributed by atoms with E-state index >= 15 is 0 Å². The van der Waals surface area contributed by atoms with Crippen molar-refractivity contribution in [1.29, 1.82) is 0 Å². The number of halogens is 1. The maximum Gasteiger partial charge on any atom is 0.279 e. The summed E-state index contributed by atoms with van der Waals surface area (Å²) in [6, 6.07) is 15.3. The van der Waals surface area contributed by atoms with Crippen molar-refractivity contribution in [3.63, 3.8) is 0 Å². The first-order valence-corrected chi connectivity index (χ1v) is 10.9. The molecule has 4 rings (SSSR count). The normalized spacial score (nSPS) is 10.9. The van der Waals surface area contributed by atoms with Gasteiger partial charge in [0.1, 0.15) is 18.1 Å². The zero-order valence-corrected chi connectivity index (χ0v) is 19.7. The minimum Gasteiger partial charge on any atom is -0.488 e. The topological polar surface area (TPSA) is 82.2 Å². The van der Waals surface area contributed by atoms with Crippen LogP contribution in [-0.2, 0) is 13.2 Å². The summed E-state index contributed by atoms with van der Waals surface area (Å²) in [4.78, 5) is 12.9. The summed E-state index contributed by atoms with van der Waals surface area (Å²) in [7, 11) is 0. The maximum absolute atomic E-state index is 12.9. The number of aromatic nitrogens is 3. The minimum atomic E-state index is -0.404. The maximum atomic E-state index is 12.9. The van der Waals surface area contributed by atoms with E-state index in [1.165, 1.54) is 0 Å². The summed E-state index contributed by atoms with van der Waals surface area (Å²) in [6.45, 7) is 8.41. The van der Waals surface area contributed by atoms with Gasteiger partial charge < -0.3 is 14.6 Å². The van der Waals surface area contributed by atoms with Gasteiger partial charge in [0, 0.05) is 16.8 Å². The van der Waals surface area contributed by atoms with E-state index in [0.29, 0.717) is 28.7 Å². The fourth-order valence-electron chi connectivity index (χ4n) is 3.57. The lowest BCUT2D eigenvalue weighted by atomic mass is 10.1. The second kappa shape index (κ2) is 9.50. The first kappa shape index (κ1) is 22.6. The van der Waals surface area contributed by atoms with Gasteiger partial charge in [-0.2, -0.15) is 5.10 Å². The quantitative estimate of drug-likeness (QED) is 0.383. The standard InChI is InChI=1S/C25H25ClN4O3/c1-15-8-9-22(16(2)10-15)32-14-21-18(4)33-29-24(21)25(31)27-23-11-17(3)30(28-23)13-19-6-5-7-20(26)12-19/h5-12H,13-14H2,1-4H3,(H,27,28,31). The molecule has 0 aliphatic heterocycles. The highest BCUT2D eigenvalue weighted by molar-refractivity contribution is 6.30. The van der Waals surface area contributed by atoms with E-state index in [-0.39, 0.29) is 12.3 Å². The van der Waals surface area contributed by atoms with Crippen molar-refractivity contribution < 1.29 is 14.1 Å². The number of benzene rings is 2. The van der Waals surface area contributed by atoms with Gasteiger partial charge in [0.15, 0.2) is 11.5 Å². The number of nitrogens with zero attached hydrogens (tertiary/aromatic N) is 3. The Bertz CT molecular complexity index is 1310. The lowest BCUT2D eigenvalue weighted by Gasteiger charge is -2.10. The summed E-state index contributed by atoms with van der Waals surface area (Å²) in [5.41, 5.74) is 4.88. The minimum absolute atomic E-state index is 0.171. The van der Waals surface area contributed by atoms with Gasteiger partial charge in [-0.1, -0.05) is 46.6 Å². The molecular weight excluding hydrogens is 440 g/mol. The smallest absolute Gasteiger partial charge is 0.279 e. The van der Waals surface area contributed by atoms with Crippen molar-refractivity contribution in [3.05, 3.63) is 93.0 Å². The highest BCUT2D eigenvalue weighted by Crippen LogP contribution is 2.23. The molecule has 0 spiro atoms. The van der Waals surface area contributed by atoms with Crippen molar-refractivity contribution in [1.82, 2.24) is 14.9 Å². The number of ether oxygens (including phenoxy) is 1. The zero-order valence-electron chi connectivity index (χ0n) is 19.0. The van der Waals surface area contributed by atoms with Crippen molar-refractivity contribution in [2.24, 2.45) is 0 Å². The summed E-state index contributed by atoms with van der Waals surface area (Å²) in [5, 5.41) is 11.9. The Hall–Kier alpha value is -3.58. The van der Waals surface area contributed by atoms with Crippen LogP contribution >= 0.6 is 11.6 Å². The van der Waals surface area contributed by atoms with Crippen LogP contribution in [0.3, 0.4) is 0 Å². The van der Waals surface area contributed by atoms with Gasteiger partial charge in [-0.25, -0.2) is 0 Å². The fourth-order valence-corrected chi connectivity index (χ4v) is 3.78. The third-order valence-corrected chi connectivity index (χ3v) is 5.58. The van der Waals surface area contributed by atoms with E-state index in [9.17, 15) is 4.79 Å². The predicted octanol–water partition coefficient (Wildman–Crippen LogP) is 5.64. The van der Waals surface area contributed by atoms with Gasteiger partial charge in [0.2, 0.25) is 0 Å². The van der Waals surface area contributed by atoms with Crippen LogP contribution < -0.4 is 10.1 Å². The van der Waals surface area contributed by atoms with Crippen LogP contribution in [0.25, 0.3) is 0 Å². The Morgan fingerprint density at radius 3 is 2.70 bits per heavy atom. The van der Waals surface area contributed by atoms with Crippen molar-refractivity contribution in [2.75, 3.05) is 5.32 Å². The van der Waals surface area contributed by atoms with Gasteiger partial charge in [-0.15, -0.1) is 0 Å². The molecule has 0 radical (unpaired) electrons. The Balaban J connectivity index is 1.47. The van der Waals surface area contributed by atoms with E-state index in [2.05, 4.69) is 15.6 Å². The van der Waals surface area contributed by atoms with Crippen LogP contribution in [0, 0.1) is 27.7 Å². The molecule has 170 valence electrons. The Kier molecular flexibility index (Phi) is 6.51. The lowest BCUT2D eigenvalue weighted by Crippen LogP contribution is -2.16. The van der Waals surface area contributed by atoms with Gasteiger partial charge in [-0.05, 0) is 57.0 Å². The SMILES string of the molecule is Cc1ccc(OCc2c(C(=O)Nc3cc(C)n(Cc4cccc(Cl)c4)n3)noc2C)c(C)c1. The monoisotopic (exact) mass is 464 g/mol. The first-order valence-electron chi connectivity index (χ1n) is 10.6. The molecule has 0 saturated heterocycles. The Morgan fingerprint density at radius 1 is 1.12 bits per heavy atom. The molecule has 0 saturated carbocycles. The second-order valence-electron chi connectivity index (χ2n) is 8.04. The predicted molar refractivity (Wildman–Crippen MR) is 127 cm³/mol. The number of rotatable bonds is 7. The molecule has 0 unspecified atom stereocenters. The number of hydrogen-bond donors (Lipinski definition) is 1. The zero-order chi connectivity index (χ0) is 23.5. The van der Waals surface area contributed by atoms with E-state index in [1.807, 2.05) is 63.2 Å². The molecule has 4 aromatic rings. The van der Waals surface area contributed by atoms with Crippen molar-refractivity contribution in [3.8, 4) is 5.75 Å². The molecule has 0 atom stereocenters. The van der Waals surface area contributed by atoms with Crippen molar-refractivity contribution in [2.45, 2.75) is 40.8 Å². The lowest BCUT2D eigenvalue weighted by molar-refractivity contribution is 0.101. The van der Waals surface area contributed by atoms with Gasteiger partial charge >= 0.3 is 0 Å². The summed E-state index contributed by atoms with van der Waals surface area (Å²) in [5.74, 6) is 1.32. The van der Waals surface area contributed by atoms with Gasteiger partial charge in [0.25, 0.3) is 5.91 Å². The molecule has 2 aromatic carbocycles. The van der Waals surface area contributed by atoms with E-state index in [1.54, 1.807) is 17.7 Å². The van der Waals surface area contributed by atoms with Crippen LogP contribution in [0.15, 0.2) is 53.1 Å².